The van der Waals surface area contributed by atoms with Gasteiger partial charge in [-0.05, 0) is 35.9 Å². The predicted molar refractivity (Wildman–Crippen MR) is 109 cm³/mol. The van der Waals surface area contributed by atoms with Crippen molar-refractivity contribution < 1.29 is 4.74 Å². The van der Waals surface area contributed by atoms with Crippen LogP contribution in [0.2, 0.25) is 0 Å². The molecule has 2 aliphatic rings. The van der Waals surface area contributed by atoms with Crippen molar-refractivity contribution in [2.75, 3.05) is 7.11 Å². The van der Waals surface area contributed by atoms with Gasteiger partial charge in [-0.1, -0.05) is 6.08 Å². The fraction of sp³-hybridized carbons (Fsp3) is 0.100. The van der Waals surface area contributed by atoms with Crippen LogP contribution >= 0.6 is 11.3 Å². The number of methoxy groups -OCH3 is 1. The summed E-state index contributed by atoms with van der Waals surface area (Å²) in [6, 6.07) is 7.51. The molecule has 136 valence electrons. The molecule has 1 atom stereocenters. The van der Waals surface area contributed by atoms with Gasteiger partial charge in [0.2, 0.25) is 0 Å². The smallest absolute Gasteiger partial charge is 0.141 e. The number of nitrogens with zero attached hydrogens (tertiary/aromatic N) is 2. The zero-order valence-corrected chi connectivity index (χ0v) is 15.5. The van der Waals surface area contributed by atoms with Crippen molar-refractivity contribution in [2.45, 2.75) is 6.17 Å². The number of hydrogen-bond donors (Lipinski definition) is 3. The zero-order chi connectivity index (χ0) is 18.8. The summed E-state index contributed by atoms with van der Waals surface area (Å²) in [6.07, 6.45) is 11.2. The Morgan fingerprint density at radius 3 is 2.85 bits per heavy atom. The third-order valence-electron chi connectivity index (χ3n) is 4.50. The molecule has 1 aromatic heterocycles. The van der Waals surface area contributed by atoms with Crippen LogP contribution in [-0.2, 0) is 0 Å². The minimum absolute atomic E-state index is 0.0434. The monoisotopic (exact) mass is 377 g/mol. The molecule has 0 saturated carbocycles. The lowest BCUT2D eigenvalue weighted by atomic mass is 9.99. The number of hydrogen-bond acceptors (Lipinski definition) is 7. The van der Waals surface area contributed by atoms with E-state index in [9.17, 15) is 0 Å². The SMILES string of the molecule is COc1ccc(C(N)=C(C=N)C2=CN3C(c4nccs4)=CNC3C=C2)cc1. The van der Waals surface area contributed by atoms with E-state index in [0.717, 1.165) is 27.6 Å². The zero-order valence-electron chi connectivity index (χ0n) is 14.7. The molecule has 3 heterocycles. The van der Waals surface area contributed by atoms with Gasteiger partial charge in [0.15, 0.2) is 0 Å². The summed E-state index contributed by atoms with van der Waals surface area (Å²) in [6.45, 7) is 0. The van der Waals surface area contributed by atoms with Gasteiger partial charge in [0.25, 0.3) is 0 Å². The lowest BCUT2D eigenvalue weighted by Crippen LogP contribution is -2.33. The molecule has 6 nitrogen and oxygen atoms in total. The minimum atomic E-state index is 0.0434. The first-order chi connectivity index (χ1) is 13.2. The highest BCUT2D eigenvalue weighted by molar-refractivity contribution is 7.10. The van der Waals surface area contributed by atoms with Crippen molar-refractivity contribution in [3.63, 3.8) is 0 Å². The van der Waals surface area contributed by atoms with E-state index in [1.54, 1.807) is 24.6 Å². The van der Waals surface area contributed by atoms with Crippen LogP contribution in [-0.4, -0.2) is 29.4 Å². The number of nitrogens with one attached hydrogen (secondary N) is 2. The van der Waals surface area contributed by atoms with E-state index in [1.807, 2.05) is 48.1 Å². The van der Waals surface area contributed by atoms with Gasteiger partial charge in [0.05, 0.1) is 12.8 Å². The van der Waals surface area contributed by atoms with Crippen molar-refractivity contribution in [2.24, 2.45) is 5.73 Å². The van der Waals surface area contributed by atoms with Gasteiger partial charge >= 0.3 is 0 Å². The molecule has 0 bridgehead atoms. The number of thiazole rings is 1. The molecule has 1 aromatic carbocycles. The summed E-state index contributed by atoms with van der Waals surface area (Å²) in [5.41, 5.74) is 10.3. The number of ether oxygens (including phenoxy) is 1. The van der Waals surface area contributed by atoms with Crippen LogP contribution in [0.5, 0.6) is 5.75 Å². The van der Waals surface area contributed by atoms with Gasteiger partial charge in [0, 0.05) is 47.0 Å². The van der Waals surface area contributed by atoms with E-state index in [-0.39, 0.29) is 6.17 Å². The Morgan fingerprint density at radius 1 is 1.37 bits per heavy atom. The molecule has 4 N–H and O–H groups in total. The fourth-order valence-corrected chi connectivity index (χ4v) is 3.74. The van der Waals surface area contributed by atoms with Gasteiger partial charge in [-0.25, -0.2) is 4.98 Å². The Hall–Kier alpha value is -3.32. The summed E-state index contributed by atoms with van der Waals surface area (Å²) in [5.74, 6) is 0.768. The van der Waals surface area contributed by atoms with E-state index in [1.165, 1.54) is 6.21 Å². The van der Waals surface area contributed by atoms with Crippen LogP contribution in [0, 0.1) is 5.41 Å². The Kier molecular flexibility index (Phi) is 4.52. The Balaban J connectivity index is 1.69. The molecule has 0 aliphatic carbocycles. The Bertz CT molecular complexity index is 970. The van der Waals surface area contributed by atoms with Gasteiger partial charge in [-0.2, -0.15) is 0 Å². The maximum atomic E-state index is 7.91. The predicted octanol–water partition coefficient (Wildman–Crippen LogP) is 3.15. The van der Waals surface area contributed by atoms with Crippen LogP contribution in [0.3, 0.4) is 0 Å². The molecular weight excluding hydrogens is 358 g/mol. The van der Waals surface area contributed by atoms with Gasteiger partial charge in [-0.3, -0.25) is 0 Å². The third-order valence-corrected chi connectivity index (χ3v) is 5.30. The Morgan fingerprint density at radius 2 is 2.19 bits per heavy atom. The molecule has 1 unspecified atom stereocenters. The number of fused-ring (bicyclic) bond motifs is 1. The minimum Gasteiger partial charge on any atom is -0.497 e. The standard InChI is InChI=1S/C20H19N5OS/c1-26-15-5-2-13(3-6-15)19(22)16(10-21)14-4-7-18-24-11-17(25(18)12-14)20-23-8-9-27-20/h2-12,18,21,24H,22H2,1H3. The Labute approximate surface area is 161 Å². The summed E-state index contributed by atoms with van der Waals surface area (Å²) in [5, 5.41) is 14.1. The molecule has 2 aliphatic heterocycles. The topological polar surface area (TPSA) is 87.3 Å². The van der Waals surface area contributed by atoms with E-state index in [0.29, 0.717) is 11.3 Å². The van der Waals surface area contributed by atoms with Crippen LogP contribution < -0.4 is 15.8 Å². The van der Waals surface area contributed by atoms with E-state index >= 15 is 0 Å². The summed E-state index contributed by atoms with van der Waals surface area (Å²) in [7, 11) is 1.63. The van der Waals surface area contributed by atoms with Crippen LogP contribution in [0.4, 0.5) is 0 Å². The number of allylic oxidation sites excluding steroid dienone is 3. The number of rotatable bonds is 5. The van der Waals surface area contributed by atoms with E-state index in [4.69, 9.17) is 15.9 Å². The molecule has 0 fully saturated rings. The fourth-order valence-electron chi connectivity index (χ4n) is 3.08. The van der Waals surface area contributed by atoms with Crippen LogP contribution in [0.15, 0.2) is 71.5 Å². The number of benzene rings is 1. The van der Waals surface area contributed by atoms with Crippen molar-refractivity contribution in [1.29, 1.82) is 5.41 Å². The highest BCUT2D eigenvalue weighted by atomic mass is 32.1. The average molecular weight is 377 g/mol. The molecule has 2 aromatic rings. The van der Waals surface area contributed by atoms with Crippen molar-refractivity contribution in [1.82, 2.24) is 15.2 Å². The maximum absolute atomic E-state index is 7.91. The highest BCUT2D eigenvalue weighted by Crippen LogP contribution is 2.32. The second-order valence-corrected chi connectivity index (χ2v) is 6.92. The molecule has 0 saturated heterocycles. The number of nitrogens with two attached hydrogens (primary N) is 1. The van der Waals surface area contributed by atoms with Gasteiger partial charge < -0.3 is 26.1 Å². The molecule has 0 radical (unpaired) electrons. The maximum Gasteiger partial charge on any atom is 0.141 e. The summed E-state index contributed by atoms with van der Waals surface area (Å²) >= 11 is 1.59. The quantitative estimate of drug-likeness (QED) is 0.697. The summed E-state index contributed by atoms with van der Waals surface area (Å²) < 4.78 is 5.20. The molecule has 0 amide bonds. The normalized spacial score (nSPS) is 18.9. The number of aromatic nitrogens is 1. The highest BCUT2D eigenvalue weighted by Gasteiger charge is 2.28. The van der Waals surface area contributed by atoms with Gasteiger partial charge in [-0.15, -0.1) is 11.3 Å². The van der Waals surface area contributed by atoms with E-state index < -0.39 is 0 Å². The van der Waals surface area contributed by atoms with Crippen LogP contribution in [0.25, 0.3) is 11.4 Å². The largest absolute Gasteiger partial charge is 0.497 e. The molecular formula is C20H19N5OS. The molecule has 4 rings (SSSR count). The second-order valence-electron chi connectivity index (χ2n) is 6.03. The third kappa shape index (κ3) is 3.13. The molecule has 27 heavy (non-hydrogen) atoms. The molecule has 0 spiro atoms. The lowest BCUT2D eigenvalue weighted by Gasteiger charge is -2.27. The van der Waals surface area contributed by atoms with E-state index in [2.05, 4.69) is 21.3 Å². The van der Waals surface area contributed by atoms with Crippen molar-refractivity contribution in [3.8, 4) is 5.75 Å². The van der Waals surface area contributed by atoms with Crippen molar-refractivity contribution >= 4 is 28.9 Å². The average Bonchev–Trinajstić information content (AvgIpc) is 3.37. The summed E-state index contributed by atoms with van der Waals surface area (Å²) in [4.78, 5) is 6.51. The second kappa shape index (κ2) is 7.13. The van der Waals surface area contributed by atoms with Crippen LogP contribution in [0.1, 0.15) is 10.6 Å². The first-order valence-electron chi connectivity index (χ1n) is 8.40. The molecule has 7 heteroatoms. The van der Waals surface area contributed by atoms with Crippen molar-refractivity contribution in [3.05, 3.63) is 82.1 Å². The first kappa shape index (κ1) is 17.1. The lowest BCUT2D eigenvalue weighted by molar-refractivity contribution is 0.415. The van der Waals surface area contributed by atoms with Gasteiger partial charge in [0.1, 0.15) is 16.9 Å². The first-order valence-corrected chi connectivity index (χ1v) is 9.28.